The Labute approximate surface area is 186 Å². The van der Waals surface area contributed by atoms with E-state index in [4.69, 9.17) is 9.47 Å². The highest BCUT2D eigenvalue weighted by Gasteiger charge is 2.33. The Hall–Kier alpha value is -3.36. The molecule has 9 heteroatoms. The lowest BCUT2D eigenvalue weighted by Gasteiger charge is -2.31. The number of aromatic nitrogens is 2. The summed E-state index contributed by atoms with van der Waals surface area (Å²) >= 11 is 0. The van der Waals surface area contributed by atoms with Crippen molar-refractivity contribution in [1.29, 1.82) is 0 Å². The van der Waals surface area contributed by atoms with Crippen molar-refractivity contribution in [3.05, 3.63) is 47.3 Å². The van der Waals surface area contributed by atoms with Crippen LogP contribution < -0.4 is 4.74 Å². The zero-order chi connectivity index (χ0) is 22.7. The summed E-state index contributed by atoms with van der Waals surface area (Å²) in [5.41, 5.74) is 1.61. The molecular formula is C23H28N4O5. The molecule has 2 aliphatic rings. The van der Waals surface area contributed by atoms with Gasteiger partial charge in [0.05, 0.1) is 26.2 Å². The molecule has 1 fully saturated rings. The molecule has 0 radical (unpaired) electrons. The summed E-state index contributed by atoms with van der Waals surface area (Å²) in [6, 6.07) is 9.18. The van der Waals surface area contributed by atoms with Crippen molar-refractivity contribution in [3.63, 3.8) is 0 Å². The van der Waals surface area contributed by atoms with Crippen LogP contribution in [0, 0.1) is 5.92 Å². The van der Waals surface area contributed by atoms with Crippen molar-refractivity contribution in [2.75, 3.05) is 33.4 Å². The van der Waals surface area contributed by atoms with Crippen molar-refractivity contribution < 1.29 is 23.9 Å². The van der Waals surface area contributed by atoms with Gasteiger partial charge in [-0.15, -0.1) is 0 Å². The lowest BCUT2D eigenvalue weighted by atomic mass is 9.98. The van der Waals surface area contributed by atoms with Gasteiger partial charge in [-0.2, -0.15) is 5.10 Å². The number of amides is 2. The Kier molecular flexibility index (Phi) is 6.43. The number of rotatable bonds is 6. The molecule has 1 atom stereocenters. The summed E-state index contributed by atoms with van der Waals surface area (Å²) in [4.78, 5) is 41.6. The molecule has 1 unspecified atom stereocenters. The molecule has 32 heavy (non-hydrogen) atoms. The molecule has 1 aromatic heterocycles. The van der Waals surface area contributed by atoms with Crippen LogP contribution in [0.25, 0.3) is 0 Å². The van der Waals surface area contributed by atoms with Crippen molar-refractivity contribution in [1.82, 2.24) is 19.6 Å². The van der Waals surface area contributed by atoms with Gasteiger partial charge in [0.15, 0.2) is 5.69 Å². The molecule has 4 rings (SSSR count). The van der Waals surface area contributed by atoms with E-state index in [9.17, 15) is 14.4 Å². The number of ether oxygens (including phenoxy) is 2. The molecule has 2 amide bonds. The first-order valence-electron chi connectivity index (χ1n) is 11.0. The van der Waals surface area contributed by atoms with Crippen molar-refractivity contribution in [2.24, 2.45) is 5.92 Å². The topological polar surface area (TPSA) is 94.0 Å². The highest BCUT2D eigenvalue weighted by Crippen LogP contribution is 2.22. The summed E-state index contributed by atoms with van der Waals surface area (Å²) in [6.07, 6.45) is 1.44. The SMILES string of the molecule is CCOC(=O)C1CCCN(C(=O)c2cc3n(n2)CCN(Cc2cccc(OC)c2)C3=O)C1. The summed E-state index contributed by atoms with van der Waals surface area (Å²) in [7, 11) is 1.61. The first-order valence-corrected chi connectivity index (χ1v) is 11.0. The van der Waals surface area contributed by atoms with Gasteiger partial charge in [0.25, 0.3) is 11.8 Å². The minimum atomic E-state index is -0.315. The van der Waals surface area contributed by atoms with Crippen LogP contribution in [0.3, 0.4) is 0 Å². The second-order valence-corrected chi connectivity index (χ2v) is 8.06. The van der Waals surface area contributed by atoms with E-state index in [0.29, 0.717) is 51.4 Å². The Balaban J connectivity index is 1.45. The van der Waals surface area contributed by atoms with Gasteiger partial charge < -0.3 is 19.3 Å². The van der Waals surface area contributed by atoms with E-state index in [-0.39, 0.29) is 29.4 Å². The molecule has 9 nitrogen and oxygen atoms in total. The Bertz CT molecular complexity index is 1020. The van der Waals surface area contributed by atoms with Gasteiger partial charge in [0.2, 0.25) is 0 Å². The van der Waals surface area contributed by atoms with Crippen molar-refractivity contribution in [3.8, 4) is 5.75 Å². The molecule has 0 aliphatic carbocycles. The van der Waals surface area contributed by atoms with E-state index >= 15 is 0 Å². The minimum absolute atomic E-state index is 0.159. The second kappa shape index (κ2) is 9.42. The van der Waals surface area contributed by atoms with E-state index < -0.39 is 0 Å². The van der Waals surface area contributed by atoms with Gasteiger partial charge >= 0.3 is 5.97 Å². The van der Waals surface area contributed by atoms with E-state index in [0.717, 1.165) is 17.7 Å². The number of likely N-dealkylation sites (tertiary alicyclic amines) is 1. The van der Waals surface area contributed by atoms with Gasteiger partial charge in [0.1, 0.15) is 11.4 Å². The summed E-state index contributed by atoms with van der Waals surface area (Å²) < 4.78 is 12.0. The van der Waals surface area contributed by atoms with Gasteiger partial charge in [-0.1, -0.05) is 12.1 Å². The third kappa shape index (κ3) is 4.46. The van der Waals surface area contributed by atoms with Crippen LogP contribution in [0.1, 0.15) is 46.3 Å². The fourth-order valence-corrected chi connectivity index (χ4v) is 4.26. The molecular weight excluding hydrogens is 412 g/mol. The minimum Gasteiger partial charge on any atom is -0.497 e. The Morgan fingerprint density at radius 2 is 2.03 bits per heavy atom. The van der Waals surface area contributed by atoms with Crippen LogP contribution >= 0.6 is 0 Å². The van der Waals surface area contributed by atoms with Gasteiger partial charge in [-0.3, -0.25) is 19.1 Å². The average molecular weight is 441 g/mol. The quantitative estimate of drug-likeness (QED) is 0.638. The van der Waals surface area contributed by atoms with Crippen LogP contribution in [0.5, 0.6) is 5.75 Å². The summed E-state index contributed by atoms with van der Waals surface area (Å²) in [6.45, 7) is 4.45. The second-order valence-electron chi connectivity index (χ2n) is 8.06. The molecule has 1 saturated heterocycles. The molecule has 0 spiro atoms. The predicted octanol–water partition coefficient (Wildman–Crippen LogP) is 1.96. The maximum absolute atomic E-state index is 13.1. The fraction of sp³-hybridized carbons (Fsp3) is 0.478. The predicted molar refractivity (Wildman–Crippen MR) is 115 cm³/mol. The van der Waals surface area contributed by atoms with Crippen LogP contribution in [-0.4, -0.2) is 70.7 Å². The Morgan fingerprint density at radius 1 is 1.19 bits per heavy atom. The third-order valence-corrected chi connectivity index (χ3v) is 5.92. The molecule has 3 heterocycles. The molecule has 1 aromatic carbocycles. The maximum Gasteiger partial charge on any atom is 0.310 e. The van der Waals surface area contributed by atoms with Gasteiger partial charge in [0, 0.05) is 32.2 Å². The molecule has 0 N–H and O–H groups in total. The number of esters is 1. The number of benzene rings is 1. The number of hydrogen-bond acceptors (Lipinski definition) is 6. The maximum atomic E-state index is 13.1. The number of carbonyl (C=O) groups is 3. The zero-order valence-corrected chi connectivity index (χ0v) is 18.5. The number of fused-ring (bicyclic) bond motifs is 1. The first-order chi connectivity index (χ1) is 15.5. The first kappa shape index (κ1) is 21.9. The van der Waals surface area contributed by atoms with Crippen LogP contribution in [-0.2, 0) is 22.6 Å². The lowest BCUT2D eigenvalue weighted by Crippen LogP contribution is -2.43. The van der Waals surface area contributed by atoms with Crippen LogP contribution in [0.2, 0.25) is 0 Å². The number of hydrogen-bond donors (Lipinski definition) is 0. The fourth-order valence-electron chi connectivity index (χ4n) is 4.26. The molecule has 2 aromatic rings. The normalized spacial score (nSPS) is 18.3. The monoisotopic (exact) mass is 440 g/mol. The van der Waals surface area contributed by atoms with E-state index in [1.165, 1.54) is 0 Å². The molecule has 2 aliphatic heterocycles. The van der Waals surface area contributed by atoms with Crippen LogP contribution in [0.15, 0.2) is 30.3 Å². The summed E-state index contributed by atoms with van der Waals surface area (Å²) in [5.74, 6) is -0.253. The number of carbonyl (C=O) groups excluding carboxylic acids is 3. The van der Waals surface area contributed by atoms with Crippen molar-refractivity contribution in [2.45, 2.75) is 32.9 Å². The number of piperidine rings is 1. The number of nitrogens with zero attached hydrogens (tertiary/aromatic N) is 4. The smallest absolute Gasteiger partial charge is 0.310 e. The van der Waals surface area contributed by atoms with Gasteiger partial charge in [-0.25, -0.2) is 0 Å². The average Bonchev–Trinajstić information content (AvgIpc) is 3.26. The standard InChI is InChI=1S/C23H28N4O5/c1-3-32-23(30)17-7-5-9-25(15-17)21(28)19-13-20-22(29)26(10-11-27(20)24-19)14-16-6-4-8-18(12-16)31-2/h4,6,8,12-13,17H,3,5,7,9-11,14-15H2,1-2H3. The van der Waals surface area contributed by atoms with Crippen molar-refractivity contribution >= 4 is 17.8 Å². The lowest BCUT2D eigenvalue weighted by molar-refractivity contribution is -0.149. The number of methoxy groups -OCH3 is 1. The van der Waals surface area contributed by atoms with Crippen LogP contribution in [0.4, 0.5) is 0 Å². The summed E-state index contributed by atoms with van der Waals surface area (Å²) in [5, 5.41) is 4.39. The van der Waals surface area contributed by atoms with E-state index in [2.05, 4.69) is 5.10 Å². The zero-order valence-electron chi connectivity index (χ0n) is 18.5. The van der Waals surface area contributed by atoms with E-state index in [1.807, 2.05) is 24.3 Å². The molecule has 0 bridgehead atoms. The highest BCUT2D eigenvalue weighted by molar-refractivity contribution is 5.98. The highest BCUT2D eigenvalue weighted by atomic mass is 16.5. The third-order valence-electron chi connectivity index (χ3n) is 5.92. The Morgan fingerprint density at radius 3 is 2.81 bits per heavy atom. The molecule has 170 valence electrons. The molecule has 0 saturated carbocycles. The van der Waals surface area contributed by atoms with Gasteiger partial charge in [-0.05, 0) is 37.5 Å². The largest absolute Gasteiger partial charge is 0.497 e. The van der Waals surface area contributed by atoms with E-state index in [1.54, 1.807) is 34.6 Å².